The number of aromatic nitrogens is 4. The van der Waals surface area contributed by atoms with Crippen LogP contribution in [0.15, 0.2) is 36.5 Å². The van der Waals surface area contributed by atoms with Gasteiger partial charge in [-0.2, -0.15) is 5.10 Å². The minimum atomic E-state index is -0.662. The Labute approximate surface area is 319 Å². The maximum Gasteiger partial charge on any atom is 0.419 e. The number of rotatable bonds is 10. The molecule has 2 saturated heterocycles. The van der Waals surface area contributed by atoms with Gasteiger partial charge in [0, 0.05) is 53.9 Å². The van der Waals surface area contributed by atoms with E-state index in [0.29, 0.717) is 22.8 Å². The predicted molar refractivity (Wildman–Crippen MR) is 212 cm³/mol. The second-order valence-electron chi connectivity index (χ2n) is 17.3. The molecule has 4 aromatic rings. The van der Waals surface area contributed by atoms with Crippen molar-refractivity contribution >= 4 is 45.7 Å². The Morgan fingerprint density at radius 2 is 1.56 bits per heavy atom. The maximum absolute atomic E-state index is 13.6. The van der Waals surface area contributed by atoms with Crippen molar-refractivity contribution in [3.63, 3.8) is 0 Å². The van der Waals surface area contributed by atoms with Gasteiger partial charge in [0.05, 0.1) is 22.8 Å². The molecule has 2 amide bonds. The van der Waals surface area contributed by atoms with Gasteiger partial charge in [-0.15, -0.1) is 0 Å². The smallest absolute Gasteiger partial charge is 0.419 e. The Hall–Kier alpha value is -4.45. The molecule has 1 N–H and O–H groups in total. The van der Waals surface area contributed by atoms with Crippen molar-refractivity contribution in [1.29, 1.82) is 0 Å². The molecule has 1 atom stereocenters. The Kier molecular flexibility index (Phi) is 11.7. The normalized spacial score (nSPS) is 17.4. The maximum atomic E-state index is 13.6. The summed E-state index contributed by atoms with van der Waals surface area (Å²) in [4.78, 5) is 48.3. The van der Waals surface area contributed by atoms with E-state index in [1.807, 2.05) is 82.3 Å². The second-order valence-corrected chi connectivity index (χ2v) is 17.3. The first-order valence-corrected chi connectivity index (χ1v) is 19.8. The van der Waals surface area contributed by atoms with Crippen LogP contribution in [0.5, 0.6) is 0 Å². The van der Waals surface area contributed by atoms with E-state index in [1.54, 1.807) is 16.8 Å². The molecule has 54 heavy (non-hydrogen) atoms. The zero-order valence-corrected chi connectivity index (χ0v) is 33.5. The van der Waals surface area contributed by atoms with E-state index in [9.17, 15) is 14.4 Å². The average Bonchev–Trinajstić information content (AvgIpc) is 3.79. The predicted octanol–water partition coefficient (Wildman–Crippen LogP) is 9.09. The molecule has 0 radical (unpaired) electrons. The summed E-state index contributed by atoms with van der Waals surface area (Å²) in [6.45, 7) is 16.6. The summed E-state index contributed by atoms with van der Waals surface area (Å²) < 4.78 is 15.0. The highest BCUT2D eigenvalue weighted by atomic mass is 16.6. The molecule has 0 bridgehead atoms. The van der Waals surface area contributed by atoms with Crippen molar-refractivity contribution in [2.45, 2.75) is 130 Å². The SMILES string of the molecule is Cc1nn(CCCCCCC2CCN(C(=O)OC(C)(C)C)CC2)c2cc(C(=O)Nc3cc4c(cn3)cc([C@H]3CCCN3C)n4C(=O)OC(C)(C)C)ccc12. The van der Waals surface area contributed by atoms with Crippen molar-refractivity contribution in [3.05, 3.63) is 53.5 Å². The number of likely N-dealkylation sites (tertiary alicyclic amines) is 2. The van der Waals surface area contributed by atoms with Crippen molar-refractivity contribution in [3.8, 4) is 0 Å². The Morgan fingerprint density at radius 1 is 0.852 bits per heavy atom. The number of pyridine rings is 1. The first-order chi connectivity index (χ1) is 25.6. The van der Waals surface area contributed by atoms with Crippen LogP contribution >= 0.6 is 0 Å². The van der Waals surface area contributed by atoms with Crippen LogP contribution in [0.4, 0.5) is 15.4 Å². The summed E-state index contributed by atoms with van der Waals surface area (Å²) in [5.41, 5.74) is 2.79. The largest absolute Gasteiger partial charge is 0.444 e. The van der Waals surface area contributed by atoms with E-state index in [1.165, 1.54) is 12.8 Å². The first kappa shape index (κ1) is 39.2. The highest BCUT2D eigenvalue weighted by Gasteiger charge is 2.31. The molecule has 2 aliphatic rings. The van der Waals surface area contributed by atoms with Crippen molar-refractivity contribution < 1.29 is 23.9 Å². The Bertz CT molecular complexity index is 1980. The molecular formula is C42H59N7O5. The van der Waals surface area contributed by atoms with Crippen LogP contribution in [0.1, 0.15) is 127 Å². The molecule has 5 heterocycles. The van der Waals surface area contributed by atoms with Gasteiger partial charge < -0.3 is 19.7 Å². The lowest BCUT2D eigenvalue weighted by atomic mass is 9.91. The van der Waals surface area contributed by atoms with E-state index in [2.05, 4.69) is 22.2 Å². The summed E-state index contributed by atoms with van der Waals surface area (Å²) in [6.07, 6.45) is 10.8. The molecule has 0 spiro atoms. The van der Waals surface area contributed by atoms with Gasteiger partial charge in [-0.05, 0) is 118 Å². The van der Waals surface area contributed by atoms with Crippen molar-refractivity contribution in [2.75, 3.05) is 32.0 Å². The monoisotopic (exact) mass is 741 g/mol. The van der Waals surface area contributed by atoms with E-state index in [4.69, 9.17) is 14.6 Å². The first-order valence-electron chi connectivity index (χ1n) is 19.8. The fraction of sp³-hybridized carbons (Fsp3) is 0.595. The van der Waals surface area contributed by atoms with Gasteiger partial charge in [0.2, 0.25) is 0 Å². The molecule has 0 unspecified atom stereocenters. The minimum absolute atomic E-state index is 0.0880. The molecule has 2 aliphatic heterocycles. The molecule has 0 aliphatic carbocycles. The standard InChI is InChI=1S/C42H59N7O5/c1-28-32-17-16-30(24-35(32)48(45-28)21-12-10-9-11-14-29-18-22-47(23-19-29)39(51)53-41(2,3)4)38(50)44-37-26-34-31(27-43-37)25-36(33-15-13-20-46(33)8)49(34)40(52)54-42(5,6)7/h16-17,24-27,29,33H,9-15,18-23H2,1-8H3,(H,43,44,50)/t33-/m1/s1. The zero-order valence-electron chi connectivity index (χ0n) is 33.5. The number of unbranched alkanes of at least 4 members (excludes halogenated alkanes) is 3. The van der Waals surface area contributed by atoms with Gasteiger partial charge in [0.1, 0.15) is 17.0 Å². The lowest BCUT2D eigenvalue weighted by Gasteiger charge is -2.33. The average molecular weight is 742 g/mol. The van der Waals surface area contributed by atoms with Gasteiger partial charge in [-0.1, -0.05) is 31.7 Å². The number of carbonyl (C=O) groups excluding carboxylic acids is 3. The number of hydrogen-bond donors (Lipinski definition) is 1. The number of piperidine rings is 1. The van der Waals surface area contributed by atoms with E-state index >= 15 is 0 Å². The number of aryl methyl sites for hydroxylation is 2. The van der Waals surface area contributed by atoms with Crippen LogP contribution in [0.2, 0.25) is 0 Å². The summed E-state index contributed by atoms with van der Waals surface area (Å²) in [6, 6.07) is 9.56. The van der Waals surface area contributed by atoms with Gasteiger partial charge in [-0.25, -0.2) is 19.1 Å². The van der Waals surface area contributed by atoms with E-state index in [0.717, 1.165) is 98.8 Å². The Balaban J connectivity index is 1.06. The molecule has 12 heteroatoms. The van der Waals surface area contributed by atoms with Crippen LogP contribution in [0.3, 0.4) is 0 Å². The fourth-order valence-electron chi connectivity index (χ4n) is 7.85. The van der Waals surface area contributed by atoms with Crippen LogP contribution in [0.25, 0.3) is 21.8 Å². The summed E-state index contributed by atoms with van der Waals surface area (Å²) in [5, 5.41) is 9.63. The molecule has 1 aromatic carbocycles. The van der Waals surface area contributed by atoms with Crippen molar-refractivity contribution in [2.24, 2.45) is 5.92 Å². The van der Waals surface area contributed by atoms with Crippen LogP contribution in [0, 0.1) is 12.8 Å². The summed E-state index contributed by atoms with van der Waals surface area (Å²) in [7, 11) is 2.08. The summed E-state index contributed by atoms with van der Waals surface area (Å²) in [5.74, 6) is 0.743. The fourth-order valence-corrected chi connectivity index (χ4v) is 7.85. The quantitative estimate of drug-likeness (QED) is 0.160. The number of fused-ring (bicyclic) bond motifs is 2. The molecule has 6 rings (SSSR count). The lowest BCUT2D eigenvalue weighted by molar-refractivity contribution is 0.0180. The number of hydrogen-bond acceptors (Lipinski definition) is 8. The third-order valence-corrected chi connectivity index (χ3v) is 10.6. The molecule has 12 nitrogen and oxygen atoms in total. The number of ether oxygens (including phenoxy) is 2. The van der Waals surface area contributed by atoms with Gasteiger partial charge in [0.25, 0.3) is 5.91 Å². The van der Waals surface area contributed by atoms with E-state index < -0.39 is 17.3 Å². The molecular weight excluding hydrogens is 683 g/mol. The molecule has 0 saturated carbocycles. The molecule has 3 aromatic heterocycles. The third kappa shape index (κ3) is 9.43. The van der Waals surface area contributed by atoms with Gasteiger partial charge in [-0.3, -0.25) is 14.4 Å². The summed E-state index contributed by atoms with van der Waals surface area (Å²) >= 11 is 0. The molecule has 292 valence electrons. The van der Waals surface area contributed by atoms with Gasteiger partial charge in [0.15, 0.2) is 0 Å². The van der Waals surface area contributed by atoms with Crippen molar-refractivity contribution in [1.82, 2.24) is 29.1 Å². The topological polar surface area (TPSA) is 124 Å². The Morgan fingerprint density at radius 3 is 2.24 bits per heavy atom. The number of benzene rings is 1. The highest BCUT2D eigenvalue weighted by Crippen LogP contribution is 2.35. The number of carbonyl (C=O) groups is 3. The highest BCUT2D eigenvalue weighted by molar-refractivity contribution is 6.06. The third-order valence-electron chi connectivity index (χ3n) is 10.6. The minimum Gasteiger partial charge on any atom is -0.444 e. The second kappa shape index (κ2) is 16.1. The number of nitrogens with zero attached hydrogens (tertiary/aromatic N) is 6. The van der Waals surface area contributed by atoms with Crippen LogP contribution < -0.4 is 5.32 Å². The number of anilines is 1. The van der Waals surface area contributed by atoms with Gasteiger partial charge >= 0.3 is 12.2 Å². The molecule has 2 fully saturated rings. The van der Waals surface area contributed by atoms with Crippen LogP contribution in [-0.4, -0.2) is 85.1 Å². The number of nitrogens with one attached hydrogen (secondary N) is 1. The number of amides is 2. The lowest BCUT2D eigenvalue weighted by Crippen LogP contribution is -2.41. The zero-order chi connectivity index (χ0) is 38.8. The van der Waals surface area contributed by atoms with E-state index in [-0.39, 0.29) is 18.0 Å². The van der Waals surface area contributed by atoms with Crippen LogP contribution in [-0.2, 0) is 16.0 Å².